The number of aromatic nitrogens is 2. The number of anilines is 3. The lowest BCUT2D eigenvalue weighted by Gasteiger charge is -2.12. The van der Waals surface area contributed by atoms with Crippen molar-refractivity contribution >= 4 is 17.3 Å². The van der Waals surface area contributed by atoms with E-state index in [0.717, 1.165) is 23.9 Å². The van der Waals surface area contributed by atoms with E-state index in [2.05, 4.69) is 83.8 Å². The molecule has 2 N–H and O–H groups in total. The lowest BCUT2D eigenvalue weighted by Crippen LogP contribution is -2.04. The number of nitrogens with one attached hydrogen (secondary N) is 2. The van der Waals surface area contributed by atoms with Crippen LogP contribution >= 0.6 is 0 Å². The van der Waals surface area contributed by atoms with Crippen molar-refractivity contribution in [3.63, 3.8) is 0 Å². The van der Waals surface area contributed by atoms with Crippen molar-refractivity contribution in [3.05, 3.63) is 77.1 Å². The fourth-order valence-corrected chi connectivity index (χ4v) is 2.53. The minimum atomic E-state index is 0.743. The highest BCUT2D eigenvalue weighted by Gasteiger charge is 2.03. The van der Waals surface area contributed by atoms with Gasteiger partial charge in [-0.2, -0.15) is 0 Å². The molecule has 0 radical (unpaired) electrons. The summed E-state index contributed by atoms with van der Waals surface area (Å²) in [4.78, 5) is 8.62. The summed E-state index contributed by atoms with van der Waals surface area (Å²) < 4.78 is 0. The van der Waals surface area contributed by atoms with Crippen LogP contribution in [0.1, 0.15) is 22.3 Å². The molecule has 122 valence electrons. The molecule has 0 spiro atoms. The zero-order valence-corrected chi connectivity index (χ0v) is 14.3. The van der Waals surface area contributed by atoms with Crippen LogP contribution in [0.5, 0.6) is 0 Å². The van der Waals surface area contributed by atoms with Gasteiger partial charge in [0.15, 0.2) is 0 Å². The third kappa shape index (κ3) is 3.90. The molecule has 0 atom stereocenters. The van der Waals surface area contributed by atoms with Crippen molar-refractivity contribution in [2.75, 3.05) is 10.6 Å². The summed E-state index contributed by atoms with van der Waals surface area (Å²) in [7, 11) is 0. The van der Waals surface area contributed by atoms with Crippen LogP contribution in [0.15, 0.2) is 54.9 Å². The Morgan fingerprint density at radius 1 is 0.833 bits per heavy atom. The maximum Gasteiger partial charge on any atom is 0.135 e. The number of aryl methyl sites for hydroxylation is 3. The molecule has 0 unspecified atom stereocenters. The van der Waals surface area contributed by atoms with Crippen molar-refractivity contribution in [2.24, 2.45) is 0 Å². The van der Waals surface area contributed by atoms with Gasteiger partial charge in [0.1, 0.15) is 18.0 Å². The van der Waals surface area contributed by atoms with Crippen LogP contribution in [0.3, 0.4) is 0 Å². The van der Waals surface area contributed by atoms with E-state index in [1.54, 1.807) is 6.33 Å². The van der Waals surface area contributed by atoms with Crippen LogP contribution < -0.4 is 10.6 Å². The maximum absolute atomic E-state index is 4.32. The van der Waals surface area contributed by atoms with Gasteiger partial charge in [-0.3, -0.25) is 0 Å². The van der Waals surface area contributed by atoms with Crippen LogP contribution in [0.4, 0.5) is 17.3 Å². The smallest absolute Gasteiger partial charge is 0.135 e. The van der Waals surface area contributed by atoms with E-state index in [9.17, 15) is 0 Å². The third-order valence-corrected chi connectivity index (χ3v) is 4.04. The van der Waals surface area contributed by atoms with Crippen molar-refractivity contribution < 1.29 is 0 Å². The Hall–Kier alpha value is -2.88. The Kier molecular flexibility index (Phi) is 4.75. The second-order valence-corrected chi connectivity index (χ2v) is 6.01. The van der Waals surface area contributed by atoms with E-state index in [1.807, 2.05) is 6.07 Å². The van der Waals surface area contributed by atoms with Gasteiger partial charge in [0.05, 0.1) is 0 Å². The Bertz CT molecular complexity index is 843. The van der Waals surface area contributed by atoms with Gasteiger partial charge in [-0.15, -0.1) is 0 Å². The first-order valence-corrected chi connectivity index (χ1v) is 8.06. The standard InChI is InChI=1S/C20H22N4/c1-14-8-9-16(3)18(10-14)24-20-11-19(22-13-23-20)21-12-17-7-5-4-6-15(17)2/h4-11,13H,12H2,1-3H3,(H2,21,22,23,24). The molecular weight excluding hydrogens is 296 g/mol. The van der Waals surface area contributed by atoms with Gasteiger partial charge in [-0.1, -0.05) is 36.4 Å². The van der Waals surface area contributed by atoms with Gasteiger partial charge >= 0.3 is 0 Å². The largest absolute Gasteiger partial charge is 0.366 e. The fourth-order valence-electron chi connectivity index (χ4n) is 2.53. The summed E-state index contributed by atoms with van der Waals surface area (Å²) in [6.45, 7) is 7.02. The van der Waals surface area contributed by atoms with E-state index < -0.39 is 0 Å². The van der Waals surface area contributed by atoms with Crippen LogP contribution in [-0.2, 0) is 6.54 Å². The second-order valence-electron chi connectivity index (χ2n) is 6.01. The number of hydrogen-bond donors (Lipinski definition) is 2. The molecule has 4 heteroatoms. The van der Waals surface area contributed by atoms with E-state index in [-0.39, 0.29) is 0 Å². The monoisotopic (exact) mass is 318 g/mol. The van der Waals surface area contributed by atoms with E-state index >= 15 is 0 Å². The van der Waals surface area contributed by atoms with E-state index in [1.165, 1.54) is 22.3 Å². The normalized spacial score (nSPS) is 10.5. The van der Waals surface area contributed by atoms with Crippen molar-refractivity contribution in [1.29, 1.82) is 0 Å². The molecule has 0 bridgehead atoms. The highest BCUT2D eigenvalue weighted by molar-refractivity contribution is 5.63. The molecule has 0 aliphatic heterocycles. The summed E-state index contributed by atoms with van der Waals surface area (Å²) in [6, 6.07) is 16.6. The van der Waals surface area contributed by atoms with Gasteiger partial charge in [0.2, 0.25) is 0 Å². The molecule has 1 heterocycles. The lowest BCUT2D eigenvalue weighted by atomic mass is 10.1. The summed E-state index contributed by atoms with van der Waals surface area (Å²) in [6.07, 6.45) is 1.58. The number of benzene rings is 2. The molecule has 0 saturated carbocycles. The van der Waals surface area contributed by atoms with Gasteiger partial charge in [-0.25, -0.2) is 9.97 Å². The van der Waals surface area contributed by atoms with Crippen LogP contribution in [0.2, 0.25) is 0 Å². The molecule has 2 aromatic carbocycles. The number of rotatable bonds is 5. The SMILES string of the molecule is Cc1ccc(C)c(Nc2cc(NCc3ccccc3C)ncn2)c1. The van der Waals surface area contributed by atoms with Gasteiger partial charge < -0.3 is 10.6 Å². The number of nitrogens with zero attached hydrogens (tertiary/aromatic N) is 2. The predicted octanol–water partition coefficient (Wildman–Crippen LogP) is 4.76. The quantitative estimate of drug-likeness (QED) is 0.712. The first-order chi connectivity index (χ1) is 11.6. The summed E-state index contributed by atoms with van der Waals surface area (Å²) in [5.41, 5.74) is 6.01. The maximum atomic E-state index is 4.32. The minimum Gasteiger partial charge on any atom is -0.366 e. The fraction of sp³-hybridized carbons (Fsp3) is 0.200. The summed E-state index contributed by atoms with van der Waals surface area (Å²) in [5, 5.41) is 6.73. The van der Waals surface area contributed by atoms with Gasteiger partial charge in [0.25, 0.3) is 0 Å². The Balaban J connectivity index is 1.72. The molecule has 3 aromatic rings. The van der Waals surface area contributed by atoms with Crippen molar-refractivity contribution in [3.8, 4) is 0 Å². The summed E-state index contributed by atoms with van der Waals surface area (Å²) >= 11 is 0. The first kappa shape index (κ1) is 16.0. The second kappa shape index (κ2) is 7.13. The minimum absolute atomic E-state index is 0.743. The van der Waals surface area contributed by atoms with E-state index in [0.29, 0.717) is 0 Å². The highest BCUT2D eigenvalue weighted by Crippen LogP contribution is 2.21. The Morgan fingerprint density at radius 3 is 2.46 bits per heavy atom. The van der Waals surface area contributed by atoms with Crippen LogP contribution in [0.25, 0.3) is 0 Å². The zero-order chi connectivity index (χ0) is 16.9. The average molecular weight is 318 g/mol. The van der Waals surface area contributed by atoms with Gasteiger partial charge in [0, 0.05) is 18.3 Å². The molecule has 0 saturated heterocycles. The first-order valence-electron chi connectivity index (χ1n) is 8.06. The molecule has 24 heavy (non-hydrogen) atoms. The molecule has 3 rings (SSSR count). The number of hydrogen-bond acceptors (Lipinski definition) is 4. The summed E-state index contributed by atoms with van der Waals surface area (Å²) in [5.74, 6) is 1.59. The highest BCUT2D eigenvalue weighted by atomic mass is 15.1. The molecule has 0 fully saturated rings. The van der Waals surface area contributed by atoms with Crippen molar-refractivity contribution in [1.82, 2.24) is 9.97 Å². The molecule has 0 amide bonds. The van der Waals surface area contributed by atoms with E-state index in [4.69, 9.17) is 0 Å². The Morgan fingerprint density at radius 2 is 1.62 bits per heavy atom. The molecule has 4 nitrogen and oxygen atoms in total. The predicted molar refractivity (Wildman–Crippen MR) is 99.7 cm³/mol. The topological polar surface area (TPSA) is 49.8 Å². The lowest BCUT2D eigenvalue weighted by molar-refractivity contribution is 1.07. The molecule has 1 aromatic heterocycles. The van der Waals surface area contributed by atoms with Crippen LogP contribution in [0, 0.1) is 20.8 Å². The Labute approximate surface area is 143 Å². The zero-order valence-electron chi connectivity index (χ0n) is 14.3. The van der Waals surface area contributed by atoms with Gasteiger partial charge in [-0.05, 0) is 49.1 Å². The average Bonchev–Trinajstić information content (AvgIpc) is 2.58. The van der Waals surface area contributed by atoms with Crippen molar-refractivity contribution in [2.45, 2.75) is 27.3 Å². The molecule has 0 aliphatic carbocycles. The van der Waals surface area contributed by atoms with Crippen LogP contribution in [-0.4, -0.2) is 9.97 Å². The third-order valence-electron chi connectivity index (χ3n) is 4.04. The molecular formula is C20H22N4. The molecule has 0 aliphatic rings.